The van der Waals surface area contributed by atoms with E-state index in [-0.39, 0.29) is 5.41 Å². The van der Waals surface area contributed by atoms with Crippen molar-refractivity contribution in [1.82, 2.24) is 9.78 Å². The first kappa shape index (κ1) is 12.7. The summed E-state index contributed by atoms with van der Waals surface area (Å²) in [6, 6.07) is 8.30. The topological polar surface area (TPSA) is 43.8 Å². The Hall–Kier alpha value is -1.77. The molecular formula is C15H21N3. The molecule has 0 unspecified atom stereocenters. The van der Waals surface area contributed by atoms with Crippen LogP contribution >= 0.6 is 0 Å². The van der Waals surface area contributed by atoms with Gasteiger partial charge in [0.15, 0.2) is 0 Å². The molecule has 0 bridgehead atoms. The monoisotopic (exact) mass is 243 g/mol. The van der Waals surface area contributed by atoms with Gasteiger partial charge in [0.2, 0.25) is 0 Å². The molecule has 18 heavy (non-hydrogen) atoms. The van der Waals surface area contributed by atoms with Crippen LogP contribution in [0.15, 0.2) is 24.3 Å². The van der Waals surface area contributed by atoms with Crippen LogP contribution in [0.5, 0.6) is 0 Å². The molecule has 3 heteroatoms. The molecule has 2 N–H and O–H groups in total. The highest BCUT2D eigenvalue weighted by Crippen LogP contribution is 2.37. The molecule has 0 amide bonds. The Morgan fingerprint density at radius 2 is 1.78 bits per heavy atom. The molecule has 1 heterocycles. The third kappa shape index (κ3) is 2.01. The average Bonchev–Trinajstić information content (AvgIpc) is 2.57. The van der Waals surface area contributed by atoms with Gasteiger partial charge in [-0.05, 0) is 18.1 Å². The fourth-order valence-electron chi connectivity index (χ4n) is 2.18. The van der Waals surface area contributed by atoms with Gasteiger partial charge in [0.05, 0.1) is 5.69 Å². The quantitative estimate of drug-likeness (QED) is 0.835. The molecule has 0 spiro atoms. The largest absolute Gasteiger partial charge is 0.383 e. The van der Waals surface area contributed by atoms with Crippen LogP contribution in [0.3, 0.4) is 0 Å². The minimum absolute atomic E-state index is 0.0208. The molecule has 0 saturated carbocycles. The van der Waals surface area contributed by atoms with Crippen LogP contribution in [0.2, 0.25) is 0 Å². The summed E-state index contributed by atoms with van der Waals surface area (Å²) in [5.41, 5.74) is 10.7. The Balaban J connectivity index is 2.75. The highest BCUT2D eigenvalue weighted by atomic mass is 15.3. The van der Waals surface area contributed by atoms with Gasteiger partial charge >= 0.3 is 0 Å². The van der Waals surface area contributed by atoms with Crippen molar-refractivity contribution in [3.8, 4) is 11.1 Å². The van der Waals surface area contributed by atoms with Gasteiger partial charge in [-0.25, -0.2) is 0 Å². The number of nitrogen functional groups attached to an aromatic ring is 1. The maximum atomic E-state index is 6.20. The van der Waals surface area contributed by atoms with Gasteiger partial charge in [0, 0.05) is 18.0 Å². The van der Waals surface area contributed by atoms with Gasteiger partial charge in [-0.15, -0.1) is 0 Å². The van der Waals surface area contributed by atoms with Crippen LogP contribution < -0.4 is 5.73 Å². The number of aryl methyl sites for hydroxylation is 2. The Morgan fingerprint density at radius 1 is 1.17 bits per heavy atom. The van der Waals surface area contributed by atoms with Crippen molar-refractivity contribution in [1.29, 1.82) is 0 Å². The maximum absolute atomic E-state index is 6.20. The summed E-state index contributed by atoms with van der Waals surface area (Å²) in [4.78, 5) is 0. The Morgan fingerprint density at radius 3 is 2.33 bits per heavy atom. The lowest BCUT2D eigenvalue weighted by Gasteiger charge is -2.18. The molecule has 0 radical (unpaired) electrons. The first-order valence-electron chi connectivity index (χ1n) is 6.21. The van der Waals surface area contributed by atoms with Crippen molar-refractivity contribution in [2.24, 2.45) is 7.05 Å². The number of rotatable bonds is 1. The number of anilines is 1. The van der Waals surface area contributed by atoms with Gasteiger partial charge in [-0.1, -0.05) is 45.0 Å². The zero-order chi connectivity index (χ0) is 13.5. The number of benzene rings is 1. The molecule has 96 valence electrons. The molecule has 2 aromatic rings. The lowest BCUT2D eigenvalue weighted by Crippen LogP contribution is -2.13. The fraction of sp³-hybridized carbons (Fsp3) is 0.400. The van der Waals surface area contributed by atoms with Crippen LogP contribution in [-0.2, 0) is 12.5 Å². The van der Waals surface area contributed by atoms with Crippen molar-refractivity contribution in [2.45, 2.75) is 33.1 Å². The standard InChI is InChI=1S/C15H21N3/c1-10-8-6-7-9-11(10)12-13(15(2,3)4)17-18(5)14(12)16/h6-9H,16H2,1-5H3. The molecule has 0 saturated heterocycles. The van der Waals surface area contributed by atoms with Crippen molar-refractivity contribution < 1.29 is 0 Å². The number of hydrogen-bond acceptors (Lipinski definition) is 2. The van der Waals surface area contributed by atoms with E-state index in [4.69, 9.17) is 5.73 Å². The average molecular weight is 243 g/mol. The van der Waals surface area contributed by atoms with Crippen LogP contribution in [0, 0.1) is 6.92 Å². The van der Waals surface area contributed by atoms with E-state index in [2.05, 4.69) is 44.9 Å². The Kier molecular flexibility index (Phi) is 2.93. The van der Waals surface area contributed by atoms with E-state index in [9.17, 15) is 0 Å². The molecular weight excluding hydrogens is 222 g/mol. The first-order chi connectivity index (χ1) is 8.32. The summed E-state index contributed by atoms with van der Waals surface area (Å²) in [6.45, 7) is 8.60. The summed E-state index contributed by atoms with van der Waals surface area (Å²) in [5, 5.41) is 4.59. The normalized spacial score (nSPS) is 11.8. The molecule has 0 aliphatic carbocycles. The molecule has 3 nitrogen and oxygen atoms in total. The lowest BCUT2D eigenvalue weighted by molar-refractivity contribution is 0.555. The molecule has 0 atom stereocenters. The molecule has 0 aliphatic rings. The predicted octanol–water partition coefficient (Wildman–Crippen LogP) is 3.28. The molecule has 0 fully saturated rings. The van der Waals surface area contributed by atoms with Gasteiger partial charge in [0.25, 0.3) is 0 Å². The van der Waals surface area contributed by atoms with E-state index < -0.39 is 0 Å². The minimum Gasteiger partial charge on any atom is -0.383 e. The van der Waals surface area contributed by atoms with Gasteiger partial charge in [-0.2, -0.15) is 5.10 Å². The van der Waals surface area contributed by atoms with E-state index in [1.54, 1.807) is 4.68 Å². The van der Waals surface area contributed by atoms with E-state index in [0.29, 0.717) is 0 Å². The van der Waals surface area contributed by atoms with Crippen LogP contribution in [0.25, 0.3) is 11.1 Å². The van der Waals surface area contributed by atoms with Gasteiger partial charge in [0.1, 0.15) is 5.82 Å². The molecule has 1 aromatic heterocycles. The summed E-state index contributed by atoms with van der Waals surface area (Å²) >= 11 is 0. The van der Waals surface area contributed by atoms with Crippen LogP contribution in [-0.4, -0.2) is 9.78 Å². The highest BCUT2D eigenvalue weighted by Gasteiger charge is 2.26. The van der Waals surface area contributed by atoms with Gasteiger partial charge < -0.3 is 5.73 Å². The lowest BCUT2D eigenvalue weighted by atomic mass is 9.86. The summed E-state index contributed by atoms with van der Waals surface area (Å²) in [7, 11) is 1.90. The fourth-order valence-corrected chi connectivity index (χ4v) is 2.18. The second-order valence-electron chi connectivity index (χ2n) is 5.80. The van der Waals surface area contributed by atoms with E-state index in [0.717, 1.165) is 17.1 Å². The summed E-state index contributed by atoms with van der Waals surface area (Å²) in [6.07, 6.45) is 0. The Bertz CT molecular complexity index is 574. The minimum atomic E-state index is -0.0208. The smallest absolute Gasteiger partial charge is 0.129 e. The maximum Gasteiger partial charge on any atom is 0.129 e. The summed E-state index contributed by atoms with van der Waals surface area (Å²) in [5.74, 6) is 0.731. The third-order valence-electron chi connectivity index (χ3n) is 3.22. The third-order valence-corrected chi connectivity index (χ3v) is 3.22. The molecule has 0 aliphatic heterocycles. The van der Waals surface area contributed by atoms with E-state index in [1.807, 2.05) is 19.2 Å². The van der Waals surface area contributed by atoms with Crippen molar-refractivity contribution in [3.63, 3.8) is 0 Å². The number of nitrogens with zero attached hydrogens (tertiary/aromatic N) is 2. The second kappa shape index (κ2) is 4.16. The van der Waals surface area contributed by atoms with E-state index in [1.165, 1.54) is 11.1 Å². The number of nitrogens with two attached hydrogens (primary N) is 1. The predicted molar refractivity (Wildman–Crippen MR) is 76.5 cm³/mol. The number of aromatic nitrogens is 2. The Labute approximate surface area is 109 Å². The zero-order valence-electron chi connectivity index (χ0n) is 11.8. The zero-order valence-corrected chi connectivity index (χ0v) is 11.8. The van der Waals surface area contributed by atoms with Crippen LogP contribution in [0.1, 0.15) is 32.0 Å². The highest BCUT2D eigenvalue weighted by molar-refractivity contribution is 5.79. The second-order valence-corrected chi connectivity index (χ2v) is 5.80. The van der Waals surface area contributed by atoms with Crippen molar-refractivity contribution in [3.05, 3.63) is 35.5 Å². The molecule has 2 rings (SSSR count). The first-order valence-corrected chi connectivity index (χ1v) is 6.21. The van der Waals surface area contributed by atoms with Crippen molar-refractivity contribution in [2.75, 3.05) is 5.73 Å². The number of hydrogen-bond donors (Lipinski definition) is 1. The SMILES string of the molecule is Cc1ccccc1-c1c(C(C)(C)C)nn(C)c1N. The summed E-state index contributed by atoms with van der Waals surface area (Å²) < 4.78 is 1.77. The van der Waals surface area contributed by atoms with E-state index >= 15 is 0 Å². The van der Waals surface area contributed by atoms with Crippen molar-refractivity contribution >= 4 is 5.82 Å². The van der Waals surface area contributed by atoms with Crippen LogP contribution in [0.4, 0.5) is 5.82 Å². The van der Waals surface area contributed by atoms with Gasteiger partial charge in [-0.3, -0.25) is 4.68 Å². The molecule has 1 aromatic carbocycles.